The number of aromatic nitrogens is 1. The van der Waals surface area contributed by atoms with Gasteiger partial charge in [0.25, 0.3) is 0 Å². The largest absolute Gasteiger partial charge is 0.497 e. The van der Waals surface area contributed by atoms with Crippen molar-refractivity contribution >= 4 is 28.2 Å². The fourth-order valence-electron chi connectivity index (χ4n) is 4.33. The molecule has 35 heavy (non-hydrogen) atoms. The highest BCUT2D eigenvalue weighted by Crippen LogP contribution is 2.34. The number of piperidine rings is 1. The molecule has 4 rings (SSSR count). The number of nitrogens with zero attached hydrogens (tertiary/aromatic N) is 2. The van der Waals surface area contributed by atoms with Crippen LogP contribution in [0.1, 0.15) is 56.0 Å². The average Bonchev–Trinajstić information content (AvgIpc) is 3.37. The zero-order valence-electron chi connectivity index (χ0n) is 20.5. The Hall–Kier alpha value is -3.50. The van der Waals surface area contributed by atoms with E-state index in [0.717, 1.165) is 30.0 Å². The van der Waals surface area contributed by atoms with Crippen molar-refractivity contribution in [3.05, 3.63) is 70.7 Å². The Morgan fingerprint density at radius 3 is 2.46 bits per heavy atom. The van der Waals surface area contributed by atoms with Crippen molar-refractivity contribution in [1.29, 1.82) is 0 Å². The summed E-state index contributed by atoms with van der Waals surface area (Å²) in [5, 5.41) is 8.24. The zero-order valence-corrected chi connectivity index (χ0v) is 21.3. The summed E-state index contributed by atoms with van der Waals surface area (Å²) in [6.07, 6.45) is 9.73. The quantitative estimate of drug-likeness (QED) is 0.403. The van der Waals surface area contributed by atoms with Gasteiger partial charge in [0, 0.05) is 24.2 Å². The van der Waals surface area contributed by atoms with Gasteiger partial charge >= 0.3 is 6.03 Å². The molecular weight excluding hydrogens is 456 g/mol. The Labute approximate surface area is 211 Å². The SMILES string of the molecule is C#CC(C)(c1ccc(OC)cc1)c1csc(NC(=O)NC(C)c2ccc(N3CCCCC3)cc2)n1. The van der Waals surface area contributed by atoms with Gasteiger partial charge in [0.05, 0.1) is 24.3 Å². The van der Waals surface area contributed by atoms with Gasteiger partial charge in [-0.15, -0.1) is 17.8 Å². The van der Waals surface area contributed by atoms with Gasteiger partial charge in [0.1, 0.15) is 5.75 Å². The number of rotatable bonds is 7. The van der Waals surface area contributed by atoms with Crippen LogP contribution >= 0.6 is 11.3 Å². The molecule has 2 amide bonds. The molecule has 1 aliphatic rings. The first-order chi connectivity index (χ1) is 16.9. The molecule has 2 aromatic carbocycles. The summed E-state index contributed by atoms with van der Waals surface area (Å²) < 4.78 is 5.24. The normalized spacial score (nSPS) is 16.0. The predicted octanol–water partition coefficient (Wildman–Crippen LogP) is 5.96. The van der Waals surface area contributed by atoms with Gasteiger partial charge < -0.3 is 15.0 Å². The van der Waals surface area contributed by atoms with E-state index in [0.29, 0.717) is 10.8 Å². The Bertz CT molecular complexity index is 1180. The molecule has 7 heteroatoms. The lowest BCUT2D eigenvalue weighted by atomic mass is 9.81. The molecule has 2 N–H and O–H groups in total. The zero-order chi connectivity index (χ0) is 24.8. The van der Waals surface area contributed by atoms with E-state index in [9.17, 15) is 4.79 Å². The van der Waals surface area contributed by atoms with Crippen LogP contribution in [0.3, 0.4) is 0 Å². The molecule has 1 aromatic heterocycles. The predicted molar refractivity (Wildman–Crippen MR) is 143 cm³/mol. The Balaban J connectivity index is 1.38. The molecular formula is C28H32N4O2S. The highest BCUT2D eigenvalue weighted by molar-refractivity contribution is 7.14. The molecule has 0 bridgehead atoms. The first-order valence-corrected chi connectivity index (χ1v) is 12.8. The molecule has 1 saturated heterocycles. The lowest BCUT2D eigenvalue weighted by Crippen LogP contribution is -2.31. The molecule has 6 nitrogen and oxygen atoms in total. The molecule has 2 unspecified atom stereocenters. The molecule has 0 saturated carbocycles. The van der Waals surface area contributed by atoms with E-state index >= 15 is 0 Å². The van der Waals surface area contributed by atoms with E-state index < -0.39 is 5.41 Å². The van der Waals surface area contributed by atoms with Crippen LogP contribution in [0.15, 0.2) is 53.9 Å². The van der Waals surface area contributed by atoms with Crippen molar-refractivity contribution in [2.75, 3.05) is 30.4 Å². The summed E-state index contributed by atoms with van der Waals surface area (Å²) in [6, 6.07) is 15.7. The van der Waals surface area contributed by atoms with E-state index in [4.69, 9.17) is 11.2 Å². The van der Waals surface area contributed by atoms with E-state index in [-0.39, 0.29) is 12.1 Å². The molecule has 0 radical (unpaired) electrons. The number of urea groups is 1. The number of hydrogen-bond acceptors (Lipinski definition) is 5. The maximum Gasteiger partial charge on any atom is 0.321 e. The Morgan fingerprint density at radius 1 is 1.14 bits per heavy atom. The number of hydrogen-bond donors (Lipinski definition) is 2. The molecule has 1 fully saturated rings. The maximum absolute atomic E-state index is 12.7. The van der Waals surface area contributed by atoms with Gasteiger partial charge in [0.2, 0.25) is 0 Å². The number of anilines is 2. The number of terminal acetylenes is 1. The average molecular weight is 489 g/mol. The van der Waals surface area contributed by atoms with Gasteiger partial charge in [-0.3, -0.25) is 5.32 Å². The van der Waals surface area contributed by atoms with Crippen molar-refractivity contribution in [3.63, 3.8) is 0 Å². The second-order valence-electron chi connectivity index (χ2n) is 9.00. The van der Waals surface area contributed by atoms with Crippen LogP contribution in [0.25, 0.3) is 0 Å². The van der Waals surface area contributed by atoms with Gasteiger partial charge in [-0.1, -0.05) is 30.2 Å². The van der Waals surface area contributed by atoms with Gasteiger partial charge in [-0.2, -0.15) is 0 Å². The van der Waals surface area contributed by atoms with Crippen LogP contribution in [0.2, 0.25) is 0 Å². The van der Waals surface area contributed by atoms with E-state index in [2.05, 4.69) is 50.7 Å². The molecule has 0 spiro atoms. The van der Waals surface area contributed by atoms with Crippen molar-refractivity contribution in [2.45, 2.75) is 44.6 Å². The number of amides is 2. The first kappa shape index (κ1) is 24.6. The molecule has 0 aliphatic carbocycles. The summed E-state index contributed by atoms with van der Waals surface area (Å²) in [5.41, 5.74) is 3.23. The fourth-order valence-corrected chi connectivity index (χ4v) is 5.14. The number of nitrogens with one attached hydrogen (secondary N) is 2. The Morgan fingerprint density at radius 2 is 1.83 bits per heavy atom. The van der Waals surface area contributed by atoms with Crippen LogP contribution in [0, 0.1) is 12.3 Å². The summed E-state index contributed by atoms with van der Waals surface area (Å²) >= 11 is 1.35. The summed E-state index contributed by atoms with van der Waals surface area (Å²) in [6.45, 7) is 6.15. The molecule has 2 heterocycles. The maximum atomic E-state index is 12.7. The lowest BCUT2D eigenvalue weighted by Gasteiger charge is -2.29. The summed E-state index contributed by atoms with van der Waals surface area (Å²) in [5.74, 6) is 3.63. The minimum absolute atomic E-state index is 0.139. The van der Waals surface area contributed by atoms with E-state index in [1.807, 2.05) is 43.5 Å². The topological polar surface area (TPSA) is 66.5 Å². The minimum Gasteiger partial charge on any atom is -0.497 e. The number of thiazole rings is 1. The highest BCUT2D eigenvalue weighted by atomic mass is 32.1. The molecule has 182 valence electrons. The van der Waals surface area contributed by atoms with Crippen molar-refractivity contribution in [2.24, 2.45) is 0 Å². The fraction of sp³-hybridized carbons (Fsp3) is 0.357. The smallest absolute Gasteiger partial charge is 0.321 e. The van der Waals surface area contributed by atoms with Crippen LogP contribution in [0.5, 0.6) is 5.75 Å². The highest BCUT2D eigenvalue weighted by Gasteiger charge is 2.30. The van der Waals surface area contributed by atoms with Crippen LogP contribution in [-0.4, -0.2) is 31.2 Å². The molecule has 1 aliphatic heterocycles. The van der Waals surface area contributed by atoms with E-state index in [1.54, 1.807) is 7.11 Å². The third kappa shape index (κ3) is 5.60. The first-order valence-electron chi connectivity index (χ1n) is 11.9. The molecule has 2 atom stereocenters. The van der Waals surface area contributed by atoms with Crippen molar-refractivity contribution < 1.29 is 9.53 Å². The van der Waals surface area contributed by atoms with Gasteiger partial charge in [-0.25, -0.2) is 9.78 Å². The van der Waals surface area contributed by atoms with Crippen LogP contribution in [0.4, 0.5) is 15.6 Å². The second kappa shape index (κ2) is 10.8. The van der Waals surface area contributed by atoms with Gasteiger partial charge in [-0.05, 0) is 68.5 Å². The molecule has 3 aromatic rings. The lowest BCUT2D eigenvalue weighted by molar-refractivity contribution is 0.249. The number of carbonyl (C=O) groups is 1. The van der Waals surface area contributed by atoms with Crippen LogP contribution < -0.4 is 20.3 Å². The third-order valence-electron chi connectivity index (χ3n) is 6.65. The standard InChI is InChI=1S/C28H32N4O2S/c1-5-28(3,22-11-15-24(34-4)16-12-22)25-19-35-27(30-25)31-26(33)29-20(2)21-9-13-23(14-10-21)32-17-7-6-8-18-32/h1,9-16,19-20H,6-8,17-18H2,2-4H3,(H2,29,30,31,33). The summed E-state index contributed by atoms with van der Waals surface area (Å²) in [7, 11) is 1.63. The number of benzene rings is 2. The monoisotopic (exact) mass is 488 g/mol. The summed E-state index contributed by atoms with van der Waals surface area (Å²) in [4.78, 5) is 19.7. The van der Waals surface area contributed by atoms with Crippen molar-refractivity contribution in [1.82, 2.24) is 10.3 Å². The number of ether oxygens (including phenoxy) is 1. The van der Waals surface area contributed by atoms with E-state index in [1.165, 1.54) is 36.3 Å². The number of carbonyl (C=O) groups excluding carboxylic acids is 1. The number of methoxy groups -OCH3 is 1. The minimum atomic E-state index is -0.720. The Kier molecular flexibility index (Phi) is 7.62. The van der Waals surface area contributed by atoms with Gasteiger partial charge in [0.15, 0.2) is 5.13 Å². The third-order valence-corrected chi connectivity index (χ3v) is 7.41. The van der Waals surface area contributed by atoms with Crippen molar-refractivity contribution in [3.8, 4) is 18.1 Å². The van der Waals surface area contributed by atoms with Crippen LogP contribution in [-0.2, 0) is 5.41 Å². The second-order valence-corrected chi connectivity index (χ2v) is 9.85.